The molecule has 0 amide bonds. The molecule has 6 heteroatoms. The molecule has 0 aromatic heterocycles. The molecule has 1 aromatic rings. The maximum atomic E-state index is 10.9. The van der Waals surface area contributed by atoms with Gasteiger partial charge in [-0.3, -0.25) is 20.6 Å². The van der Waals surface area contributed by atoms with Gasteiger partial charge in [-0.25, -0.2) is 0 Å². The molecule has 0 bridgehead atoms. The number of carbonyl (C=O) groups is 1. The van der Waals surface area contributed by atoms with Crippen LogP contribution < -0.4 is 5.73 Å². The smallest absolute Gasteiger partial charge is 0.319 e. The zero-order valence-corrected chi connectivity index (χ0v) is 7.74. The third kappa shape index (κ3) is 2.50. The number of benzene rings is 1. The molecule has 3 N–H and O–H groups in total. The van der Waals surface area contributed by atoms with Crippen molar-refractivity contribution in [1.29, 1.82) is 0 Å². The average Bonchev–Trinajstić information content (AvgIpc) is 2.18. The summed E-state index contributed by atoms with van der Waals surface area (Å²) in [4.78, 5) is 20.5. The van der Waals surface area contributed by atoms with Gasteiger partial charge in [0.2, 0.25) is 0 Å². The zero-order chi connectivity index (χ0) is 11.4. The Labute approximate surface area is 85.5 Å². The molecule has 0 aliphatic rings. The van der Waals surface area contributed by atoms with Crippen LogP contribution in [0.1, 0.15) is 11.5 Å². The van der Waals surface area contributed by atoms with E-state index in [2.05, 4.69) is 0 Å². The van der Waals surface area contributed by atoms with Crippen LogP contribution in [0.2, 0.25) is 0 Å². The lowest BCUT2D eigenvalue weighted by atomic mass is 9.97. The van der Waals surface area contributed by atoms with Crippen molar-refractivity contribution in [2.45, 2.75) is 12.1 Å². The van der Waals surface area contributed by atoms with E-state index in [0.29, 0.717) is 5.56 Å². The Morgan fingerprint density at radius 1 is 1.40 bits per heavy atom. The SMILES string of the molecule is NC(C(C(=O)O)c1ccccc1)[N+](=O)[O-]. The fourth-order valence-corrected chi connectivity index (χ4v) is 1.27. The molecule has 15 heavy (non-hydrogen) atoms. The molecule has 0 aliphatic carbocycles. The number of carboxylic acid groups (broad SMARTS) is 1. The van der Waals surface area contributed by atoms with Crippen LogP contribution in [0.4, 0.5) is 0 Å². The summed E-state index contributed by atoms with van der Waals surface area (Å²) >= 11 is 0. The third-order valence-electron chi connectivity index (χ3n) is 2.01. The van der Waals surface area contributed by atoms with E-state index >= 15 is 0 Å². The Morgan fingerprint density at radius 2 is 1.93 bits per heavy atom. The van der Waals surface area contributed by atoms with Gasteiger partial charge in [-0.2, -0.15) is 0 Å². The Kier molecular flexibility index (Phi) is 3.35. The highest BCUT2D eigenvalue weighted by Crippen LogP contribution is 2.18. The van der Waals surface area contributed by atoms with E-state index in [4.69, 9.17) is 10.8 Å². The topological polar surface area (TPSA) is 106 Å². The van der Waals surface area contributed by atoms with E-state index in [1.54, 1.807) is 18.2 Å². The second-order valence-electron chi connectivity index (χ2n) is 3.00. The molecule has 1 rings (SSSR count). The largest absolute Gasteiger partial charge is 0.481 e. The maximum absolute atomic E-state index is 10.9. The molecule has 2 unspecified atom stereocenters. The molecule has 0 spiro atoms. The number of carboxylic acids is 1. The van der Waals surface area contributed by atoms with E-state index in [-0.39, 0.29) is 0 Å². The Hall–Kier alpha value is -1.95. The molecule has 0 fully saturated rings. The first-order chi connectivity index (χ1) is 7.04. The third-order valence-corrected chi connectivity index (χ3v) is 2.01. The first-order valence-electron chi connectivity index (χ1n) is 4.21. The predicted molar refractivity (Wildman–Crippen MR) is 51.8 cm³/mol. The van der Waals surface area contributed by atoms with Crippen LogP contribution in [0.5, 0.6) is 0 Å². The molecule has 0 radical (unpaired) electrons. The fraction of sp³-hybridized carbons (Fsp3) is 0.222. The molecule has 80 valence electrons. The highest BCUT2D eigenvalue weighted by molar-refractivity contribution is 5.76. The van der Waals surface area contributed by atoms with Crippen LogP contribution in [0.15, 0.2) is 30.3 Å². The van der Waals surface area contributed by atoms with Crippen LogP contribution in [-0.2, 0) is 4.79 Å². The number of rotatable bonds is 4. The molecular weight excluding hydrogens is 200 g/mol. The highest BCUT2D eigenvalue weighted by atomic mass is 16.6. The summed E-state index contributed by atoms with van der Waals surface area (Å²) in [5, 5.41) is 19.3. The second-order valence-corrected chi connectivity index (χ2v) is 3.00. The van der Waals surface area contributed by atoms with Gasteiger partial charge >= 0.3 is 5.97 Å². The van der Waals surface area contributed by atoms with Gasteiger partial charge in [0, 0.05) is 4.92 Å². The number of nitrogens with zero attached hydrogens (tertiary/aromatic N) is 1. The Morgan fingerprint density at radius 3 is 2.33 bits per heavy atom. The lowest BCUT2D eigenvalue weighted by Crippen LogP contribution is -2.40. The molecule has 2 atom stereocenters. The van der Waals surface area contributed by atoms with Crippen molar-refractivity contribution in [3.63, 3.8) is 0 Å². The van der Waals surface area contributed by atoms with Gasteiger partial charge in [0.25, 0.3) is 6.17 Å². The van der Waals surface area contributed by atoms with Gasteiger partial charge in [0.15, 0.2) is 5.92 Å². The summed E-state index contributed by atoms with van der Waals surface area (Å²) in [6.45, 7) is 0. The van der Waals surface area contributed by atoms with Crippen LogP contribution in [0, 0.1) is 10.1 Å². The maximum Gasteiger partial charge on any atom is 0.319 e. The summed E-state index contributed by atoms with van der Waals surface area (Å²) < 4.78 is 0. The summed E-state index contributed by atoms with van der Waals surface area (Å²) in [6, 6.07) is 7.92. The Balaban J connectivity index is 3.04. The predicted octanol–water partition coefficient (Wildman–Crippen LogP) is 0.416. The van der Waals surface area contributed by atoms with Crippen molar-refractivity contribution in [2.75, 3.05) is 0 Å². The lowest BCUT2D eigenvalue weighted by Gasteiger charge is -2.13. The molecule has 0 heterocycles. The van der Waals surface area contributed by atoms with Crippen LogP contribution in [0.3, 0.4) is 0 Å². The van der Waals surface area contributed by atoms with E-state index in [0.717, 1.165) is 0 Å². The lowest BCUT2D eigenvalue weighted by molar-refractivity contribution is -0.523. The molecule has 6 nitrogen and oxygen atoms in total. The second kappa shape index (κ2) is 4.52. The van der Waals surface area contributed by atoms with Gasteiger partial charge in [-0.15, -0.1) is 0 Å². The molecular formula is C9H10N2O4. The monoisotopic (exact) mass is 210 g/mol. The summed E-state index contributed by atoms with van der Waals surface area (Å²) in [6.07, 6.45) is -1.63. The summed E-state index contributed by atoms with van der Waals surface area (Å²) in [7, 11) is 0. The van der Waals surface area contributed by atoms with Crippen LogP contribution >= 0.6 is 0 Å². The first kappa shape index (κ1) is 11.1. The standard InChI is InChI=1S/C9H10N2O4/c10-8(11(14)15)7(9(12)13)6-4-2-1-3-5-6/h1-5,7-8H,10H2,(H,12,13). The summed E-state index contributed by atoms with van der Waals surface area (Å²) in [5.41, 5.74) is 5.54. The van der Waals surface area contributed by atoms with Gasteiger partial charge < -0.3 is 5.11 Å². The normalized spacial score (nSPS) is 14.2. The van der Waals surface area contributed by atoms with E-state index in [1.165, 1.54) is 12.1 Å². The van der Waals surface area contributed by atoms with Gasteiger partial charge in [-0.05, 0) is 5.56 Å². The number of hydrogen-bond acceptors (Lipinski definition) is 4. The van der Waals surface area contributed by atoms with E-state index < -0.39 is 23.0 Å². The van der Waals surface area contributed by atoms with Crippen LogP contribution in [0.25, 0.3) is 0 Å². The molecule has 0 saturated carbocycles. The summed E-state index contributed by atoms with van der Waals surface area (Å²) in [5.74, 6) is -2.62. The Bertz CT molecular complexity index is 366. The van der Waals surface area contributed by atoms with Crippen molar-refractivity contribution >= 4 is 5.97 Å². The number of hydrogen-bond donors (Lipinski definition) is 2. The molecule has 0 saturated heterocycles. The van der Waals surface area contributed by atoms with Gasteiger partial charge in [0.05, 0.1) is 0 Å². The zero-order valence-electron chi connectivity index (χ0n) is 7.74. The van der Waals surface area contributed by atoms with E-state index in [1.807, 2.05) is 0 Å². The minimum absolute atomic E-state index is 0.328. The van der Waals surface area contributed by atoms with Crippen molar-refractivity contribution in [3.05, 3.63) is 46.0 Å². The number of aliphatic carboxylic acids is 1. The minimum Gasteiger partial charge on any atom is -0.481 e. The fourth-order valence-electron chi connectivity index (χ4n) is 1.27. The van der Waals surface area contributed by atoms with Crippen LogP contribution in [-0.4, -0.2) is 22.2 Å². The van der Waals surface area contributed by atoms with Gasteiger partial charge in [0.1, 0.15) is 0 Å². The minimum atomic E-state index is -1.63. The number of nitrogens with two attached hydrogens (primary N) is 1. The highest BCUT2D eigenvalue weighted by Gasteiger charge is 2.35. The van der Waals surface area contributed by atoms with Gasteiger partial charge in [-0.1, -0.05) is 30.3 Å². The average molecular weight is 210 g/mol. The van der Waals surface area contributed by atoms with E-state index in [9.17, 15) is 14.9 Å². The quantitative estimate of drug-likeness (QED) is 0.425. The van der Waals surface area contributed by atoms with Crippen molar-refractivity contribution in [3.8, 4) is 0 Å². The van der Waals surface area contributed by atoms with Crippen molar-refractivity contribution in [2.24, 2.45) is 5.73 Å². The molecule has 1 aromatic carbocycles. The molecule has 0 aliphatic heterocycles. The first-order valence-corrected chi connectivity index (χ1v) is 4.21. The van der Waals surface area contributed by atoms with Crippen molar-refractivity contribution in [1.82, 2.24) is 0 Å². The van der Waals surface area contributed by atoms with Crippen molar-refractivity contribution < 1.29 is 14.8 Å². The number of nitro groups is 1.